The summed E-state index contributed by atoms with van der Waals surface area (Å²) < 4.78 is 0. The van der Waals surface area contributed by atoms with Crippen molar-refractivity contribution >= 4 is 23.2 Å². The fourth-order valence-corrected chi connectivity index (χ4v) is 3.11. The quantitative estimate of drug-likeness (QED) is 0.743. The van der Waals surface area contributed by atoms with E-state index >= 15 is 0 Å². The molecule has 1 aromatic rings. The van der Waals surface area contributed by atoms with Crippen LogP contribution in [0, 0.1) is 12.8 Å². The molecule has 1 aromatic carbocycles. The van der Waals surface area contributed by atoms with Gasteiger partial charge in [-0.2, -0.15) is 0 Å². The number of halogens is 1. The molecule has 1 saturated carbocycles. The summed E-state index contributed by atoms with van der Waals surface area (Å²) in [4.78, 5) is 11.9. The van der Waals surface area contributed by atoms with E-state index in [4.69, 9.17) is 11.6 Å². The van der Waals surface area contributed by atoms with Gasteiger partial charge in [0.2, 0.25) is 5.91 Å². The van der Waals surface area contributed by atoms with Crippen LogP contribution in [0.5, 0.6) is 0 Å². The van der Waals surface area contributed by atoms with Crippen molar-refractivity contribution in [3.8, 4) is 0 Å². The Balaban J connectivity index is 1.62. The number of nitrogens with one attached hydrogen (secondary N) is 2. The van der Waals surface area contributed by atoms with Gasteiger partial charge >= 0.3 is 0 Å². The predicted octanol–water partition coefficient (Wildman–Crippen LogP) is 4.15. The van der Waals surface area contributed by atoms with Crippen LogP contribution in [0.15, 0.2) is 18.2 Å². The number of hydrogen-bond donors (Lipinski definition) is 2. The van der Waals surface area contributed by atoms with Crippen LogP contribution in [-0.2, 0) is 4.79 Å². The second-order valence-electron chi connectivity index (χ2n) is 5.98. The molecule has 0 bridgehead atoms. The van der Waals surface area contributed by atoms with Crippen molar-refractivity contribution in [3.63, 3.8) is 0 Å². The summed E-state index contributed by atoms with van der Waals surface area (Å²) in [5.74, 6) is 0.913. The molecule has 3 nitrogen and oxygen atoms in total. The standard InChI is InChI=1S/C17H25ClN2O/c1-13-8-9-15(18)11-16(13)20-17(21)12-19-10-4-7-14-5-2-3-6-14/h8-9,11,14,19H,2-7,10,12H2,1H3,(H,20,21). The minimum atomic E-state index is -0.0127. The first-order valence-electron chi connectivity index (χ1n) is 7.92. The highest BCUT2D eigenvalue weighted by Gasteiger charge is 2.14. The van der Waals surface area contributed by atoms with Crippen molar-refractivity contribution in [2.75, 3.05) is 18.4 Å². The monoisotopic (exact) mass is 308 g/mol. The molecule has 0 saturated heterocycles. The van der Waals surface area contributed by atoms with Gasteiger partial charge in [-0.25, -0.2) is 0 Å². The topological polar surface area (TPSA) is 41.1 Å². The van der Waals surface area contributed by atoms with Gasteiger partial charge in [-0.1, -0.05) is 43.4 Å². The maximum Gasteiger partial charge on any atom is 0.238 e. The largest absolute Gasteiger partial charge is 0.325 e. The van der Waals surface area contributed by atoms with Gasteiger partial charge in [0.1, 0.15) is 0 Å². The smallest absolute Gasteiger partial charge is 0.238 e. The first kappa shape index (κ1) is 16.3. The van der Waals surface area contributed by atoms with E-state index in [-0.39, 0.29) is 5.91 Å². The summed E-state index contributed by atoms with van der Waals surface area (Å²) in [7, 11) is 0. The highest BCUT2D eigenvalue weighted by molar-refractivity contribution is 6.31. The lowest BCUT2D eigenvalue weighted by Crippen LogP contribution is -2.29. The molecule has 0 spiro atoms. The molecule has 0 unspecified atom stereocenters. The summed E-state index contributed by atoms with van der Waals surface area (Å²) in [5.41, 5.74) is 1.81. The minimum Gasteiger partial charge on any atom is -0.325 e. The molecule has 0 aromatic heterocycles. The third-order valence-corrected chi connectivity index (χ3v) is 4.44. The summed E-state index contributed by atoms with van der Waals surface area (Å²) in [5, 5.41) is 6.75. The molecule has 2 rings (SSSR count). The van der Waals surface area contributed by atoms with Crippen molar-refractivity contribution in [3.05, 3.63) is 28.8 Å². The average molecular weight is 309 g/mol. The first-order valence-corrected chi connectivity index (χ1v) is 8.29. The molecule has 2 N–H and O–H groups in total. The highest BCUT2D eigenvalue weighted by atomic mass is 35.5. The molecule has 0 aliphatic heterocycles. The van der Waals surface area contributed by atoms with Crippen molar-refractivity contribution in [2.45, 2.75) is 45.4 Å². The molecule has 1 aliphatic carbocycles. The predicted molar refractivity (Wildman–Crippen MR) is 88.9 cm³/mol. The summed E-state index contributed by atoms with van der Waals surface area (Å²) in [6.07, 6.45) is 8.05. The van der Waals surface area contributed by atoms with Crippen molar-refractivity contribution in [1.29, 1.82) is 0 Å². The molecule has 21 heavy (non-hydrogen) atoms. The molecule has 4 heteroatoms. The molecular formula is C17H25ClN2O. The van der Waals surface area contributed by atoms with Crippen LogP contribution in [0.1, 0.15) is 44.1 Å². The third kappa shape index (κ3) is 5.68. The van der Waals surface area contributed by atoms with Gasteiger partial charge in [-0.15, -0.1) is 0 Å². The molecular weight excluding hydrogens is 284 g/mol. The van der Waals surface area contributed by atoms with E-state index in [1.54, 1.807) is 6.07 Å². The first-order chi connectivity index (χ1) is 10.1. The van der Waals surface area contributed by atoms with Gasteiger partial charge in [0.05, 0.1) is 6.54 Å². The molecule has 116 valence electrons. The number of benzene rings is 1. The number of carbonyl (C=O) groups is 1. The molecule has 0 atom stereocenters. The van der Waals surface area contributed by atoms with Crippen LogP contribution >= 0.6 is 11.6 Å². The Labute approximate surface area is 132 Å². The second kappa shape index (κ2) is 8.40. The normalized spacial score (nSPS) is 15.3. The van der Waals surface area contributed by atoms with Crippen LogP contribution in [-0.4, -0.2) is 19.0 Å². The Morgan fingerprint density at radius 1 is 1.33 bits per heavy atom. The van der Waals surface area contributed by atoms with E-state index in [9.17, 15) is 4.79 Å². The second-order valence-corrected chi connectivity index (χ2v) is 6.41. The average Bonchev–Trinajstić information content (AvgIpc) is 2.96. The van der Waals surface area contributed by atoms with Crippen LogP contribution in [0.25, 0.3) is 0 Å². The molecule has 1 aliphatic rings. The number of aryl methyl sites for hydroxylation is 1. The summed E-state index contributed by atoms with van der Waals surface area (Å²) in [6, 6.07) is 5.52. The zero-order valence-electron chi connectivity index (χ0n) is 12.8. The maximum atomic E-state index is 11.9. The molecule has 1 fully saturated rings. The highest BCUT2D eigenvalue weighted by Crippen LogP contribution is 2.28. The number of carbonyl (C=O) groups excluding carboxylic acids is 1. The zero-order chi connectivity index (χ0) is 15.1. The fraction of sp³-hybridized carbons (Fsp3) is 0.588. The van der Waals surface area contributed by atoms with Crippen LogP contribution in [0.3, 0.4) is 0 Å². The van der Waals surface area contributed by atoms with Crippen LogP contribution in [0.4, 0.5) is 5.69 Å². The minimum absolute atomic E-state index is 0.0127. The maximum absolute atomic E-state index is 11.9. The van der Waals surface area contributed by atoms with Crippen LogP contribution < -0.4 is 10.6 Å². The number of anilines is 1. The van der Waals surface area contributed by atoms with Gasteiger partial charge in [0.15, 0.2) is 0 Å². The van der Waals surface area contributed by atoms with Crippen molar-refractivity contribution < 1.29 is 4.79 Å². The Morgan fingerprint density at radius 2 is 2.10 bits per heavy atom. The zero-order valence-corrected chi connectivity index (χ0v) is 13.5. The van der Waals surface area contributed by atoms with E-state index < -0.39 is 0 Å². The van der Waals surface area contributed by atoms with Gasteiger partial charge in [-0.05, 0) is 49.9 Å². The Morgan fingerprint density at radius 3 is 2.86 bits per heavy atom. The Kier molecular flexibility index (Phi) is 6.52. The van der Waals surface area contributed by atoms with Crippen LogP contribution in [0.2, 0.25) is 5.02 Å². The lowest BCUT2D eigenvalue weighted by molar-refractivity contribution is -0.115. The number of rotatable bonds is 7. The van der Waals surface area contributed by atoms with Gasteiger partial charge < -0.3 is 10.6 Å². The van der Waals surface area contributed by atoms with E-state index in [2.05, 4.69) is 10.6 Å². The molecule has 0 radical (unpaired) electrons. The van der Waals surface area contributed by atoms with Crippen molar-refractivity contribution in [2.24, 2.45) is 5.92 Å². The van der Waals surface area contributed by atoms with E-state index in [0.717, 1.165) is 30.1 Å². The van der Waals surface area contributed by atoms with Gasteiger partial charge in [0, 0.05) is 10.7 Å². The lowest BCUT2D eigenvalue weighted by atomic mass is 10.0. The van der Waals surface area contributed by atoms with Gasteiger partial charge in [-0.3, -0.25) is 4.79 Å². The molecule has 0 heterocycles. The Bertz CT molecular complexity index is 470. The van der Waals surface area contributed by atoms with E-state index in [0.29, 0.717) is 11.6 Å². The molecule has 1 amide bonds. The Hall–Kier alpha value is -1.06. The number of amides is 1. The number of hydrogen-bond acceptors (Lipinski definition) is 2. The van der Waals surface area contributed by atoms with E-state index in [1.165, 1.54) is 32.1 Å². The van der Waals surface area contributed by atoms with E-state index in [1.807, 2.05) is 19.1 Å². The summed E-state index contributed by atoms with van der Waals surface area (Å²) >= 11 is 5.94. The van der Waals surface area contributed by atoms with Gasteiger partial charge in [0.25, 0.3) is 0 Å². The lowest BCUT2D eigenvalue weighted by Gasteiger charge is -2.11. The summed E-state index contributed by atoms with van der Waals surface area (Å²) in [6.45, 7) is 3.23. The third-order valence-electron chi connectivity index (χ3n) is 4.20. The fourth-order valence-electron chi connectivity index (χ4n) is 2.94. The SMILES string of the molecule is Cc1ccc(Cl)cc1NC(=O)CNCCCC1CCCC1. The van der Waals surface area contributed by atoms with Crippen molar-refractivity contribution in [1.82, 2.24) is 5.32 Å².